The van der Waals surface area contributed by atoms with Crippen molar-refractivity contribution in [2.45, 2.75) is 18.9 Å². The highest BCUT2D eigenvalue weighted by Crippen LogP contribution is 2.26. The molecule has 0 aromatic heterocycles. The Morgan fingerprint density at radius 1 is 1.54 bits per heavy atom. The Labute approximate surface area is 76.4 Å². The van der Waals surface area contributed by atoms with Gasteiger partial charge in [-0.25, -0.2) is 4.39 Å². The summed E-state index contributed by atoms with van der Waals surface area (Å²) < 4.78 is 13.2. The fourth-order valence-electron chi connectivity index (χ4n) is 1.68. The number of nitrogens with one attached hydrogen (secondary N) is 1. The van der Waals surface area contributed by atoms with Crippen LogP contribution in [0.25, 0.3) is 0 Å². The maximum absolute atomic E-state index is 13.2. The molecule has 0 saturated carbocycles. The summed E-state index contributed by atoms with van der Waals surface area (Å²) >= 11 is 0. The summed E-state index contributed by atoms with van der Waals surface area (Å²) in [5.41, 5.74) is 1.57. The number of benzene rings is 1. The molecule has 1 aliphatic rings. The van der Waals surface area contributed by atoms with Gasteiger partial charge < -0.3 is 10.4 Å². The van der Waals surface area contributed by atoms with Gasteiger partial charge in [-0.2, -0.15) is 0 Å². The first-order valence-corrected chi connectivity index (χ1v) is 4.46. The minimum Gasteiger partial charge on any atom is -0.394 e. The largest absolute Gasteiger partial charge is 0.394 e. The van der Waals surface area contributed by atoms with Gasteiger partial charge in [-0.1, -0.05) is 12.1 Å². The molecule has 1 aromatic rings. The summed E-state index contributed by atoms with van der Waals surface area (Å²) in [6, 6.07) is 5.07. The van der Waals surface area contributed by atoms with Gasteiger partial charge in [-0.15, -0.1) is 0 Å². The number of hydrogen-bond donors (Lipinski definition) is 2. The van der Waals surface area contributed by atoms with Crippen LogP contribution in [0.5, 0.6) is 0 Å². The molecule has 0 saturated heterocycles. The Hall–Kier alpha value is -1.09. The summed E-state index contributed by atoms with van der Waals surface area (Å²) in [7, 11) is 0. The van der Waals surface area contributed by atoms with Crippen LogP contribution in [-0.4, -0.2) is 17.8 Å². The minimum absolute atomic E-state index is 0.00407. The van der Waals surface area contributed by atoms with Gasteiger partial charge in [0, 0.05) is 6.04 Å². The number of aliphatic hydroxyl groups is 1. The van der Waals surface area contributed by atoms with Crippen LogP contribution in [-0.2, 0) is 6.42 Å². The van der Waals surface area contributed by atoms with Gasteiger partial charge in [-0.3, -0.25) is 0 Å². The van der Waals surface area contributed by atoms with Crippen LogP contribution in [0, 0.1) is 5.82 Å². The molecule has 0 fully saturated rings. The number of fused-ring (bicyclic) bond motifs is 1. The van der Waals surface area contributed by atoms with E-state index >= 15 is 0 Å². The van der Waals surface area contributed by atoms with Gasteiger partial charge in [0.1, 0.15) is 5.82 Å². The molecule has 0 amide bonds. The highest BCUT2D eigenvalue weighted by atomic mass is 19.1. The predicted octanol–water partition coefficient (Wildman–Crippen LogP) is 1.54. The standard InChI is InChI=1S/C10H12FNO/c11-9-3-1-2-7-4-5-8(6-13)12-10(7)9/h1-3,8,12-13H,4-6H2. The Morgan fingerprint density at radius 3 is 3.15 bits per heavy atom. The summed E-state index contributed by atoms with van der Waals surface area (Å²) in [4.78, 5) is 0. The van der Waals surface area contributed by atoms with Crippen LogP contribution in [0.15, 0.2) is 18.2 Å². The molecule has 13 heavy (non-hydrogen) atoms. The first kappa shape index (κ1) is 8.51. The molecule has 2 N–H and O–H groups in total. The van der Waals surface area contributed by atoms with Gasteiger partial charge >= 0.3 is 0 Å². The van der Waals surface area contributed by atoms with E-state index < -0.39 is 0 Å². The van der Waals surface area contributed by atoms with Crippen molar-refractivity contribution in [3.05, 3.63) is 29.6 Å². The second kappa shape index (κ2) is 3.34. The van der Waals surface area contributed by atoms with E-state index in [4.69, 9.17) is 5.11 Å². The van der Waals surface area contributed by atoms with Gasteiger partial charge in [0.2, 0.25) is 0 Å². The third kappa shape index (κ3) is 1.52. The number of aliphatic hydroxyl groups excluding tert-OH is 1. The second-order valence-corrected chi connectivity index (χ2v) is 3.34. The maximum atomic E-state index is 13.2. The normalized spacial score (nSPS) is 20.6. The Bertz CT molecular complexity index is 314. The predicted molar refractivity (Wildman–Crippen MR) is 49.2 cm³/mol. The molecule has 1 aliphatic heterocycles. The van der Waals surface area contributed by atoms with Crippen LogP contribution in [0.4, 0.5) is 10.1 Å². The average Bonchev–Trinajstić information content (AvgIpc) is 2.18. The Kier molecular flexibility index (Phi) is 2.19. The van der Waals surface area contributed by atoms with E-state index in [2.05, 4.69) is 5.32 Å². The lowest BCUT2D eigenvalue weighted by atomic mass is 9.98. The lowest BCUT2D eigenvalue weighted by Gasteiger charge is -2.25. The number of para-hydroxylation sites is 1. The average molecular weight is 181 g/mol. The molecule has 0 bridgehead atoms. The van der Waals surface area contributed by atoms with Crippen molar-refractivity contribution >= 4 is 5.69 Å². The van der Waals surface area contributed by atoms with E-state index in [9.17, 15) is 4.39 Å². The van der Waals surface area contributed by atoms with Gasteiger partial charge in [0.05, 0.1) is 12.3 Å². The molecule has 1 unspecified atom stereocenters. The van der Waals surface area contributed by atoms with E-state index in [0.717, 1.165) is 18.4 Å². The fraction of sp³-hybridized carbons (Fsp3) is 0.400. The smallest absolute Gasteiger partial charge is 0.146 e. The molecule has 0 aliphatic carbocycles. The topological polar surface area (TPSA) is 32.3 Å². The number of rotatable bonds is 1. The van der Waals surface area contributed by atoms with Crippen molar-refractivity contribution in [2.24, 2.45) is 0 Å². The Balaban J connectivity index is 2.32. The highest BCUT2D eigenvalue weighted by molar-refractivity contribution is 5.54. The quantitative estimate of drug-likeness (QED) is 0.688. The number of hydrogen-bond acceptors (Lipinski definition) is 2. The molecule has 1 heterocycles. The van der Waals surface area contributed by atoms with E-state index in [-0.39, 0.29) is 18.5 Å². The highest BCUT2D eigenvalue weighted by Gasteiger charge is 2.18. The summed E-state index contributed by atoms with van der Waals surface area (Å²) in [6.45, 7) is 0.0633. The van der Waals surface area contributed by atoms with Crippen molar-refractivity contribution in [3.63, 3.8) is 0 Å². The summed E-state index contributed by atoms with van der Waals surface area (Å²) in [5.74, 6) is -0.226. The number of aryl methyl sites for hydroxylation is 1. The van der Waals surface area contributed by atoms with Gasteiger partial charge in [0.25, 0.3) is 0 Å². The summed E-state index contributed by atoms with van der Waals surface area (Å²) in [5, 5.41) is 11.9. The van der Waals surface area contributed by atoms with Crippen LogP contribution < -0.4 is 5.32 Å². The van der Waals surface area contributed by atoms with E-state index in [0.29, 0.717) is 5.69 Å². The monoisotopic (exact) mass is 181 g/mol. The zero-order valence-electron chi connectivity index (χ0n) is 7.26. The van der Waals surface area contributed by atoms with Crippen molar-refractivity contribution in [1.82, 2.24) is 0 Å². The lowest BCUT2D eigenvalue weighted by molar-refractivity contribution is 0.266. The minimum atomic E-state index is -0.226. The summed E-state index contributed by atoms with van der Waals surface area (Å²) in [6.07, 6.45) is 1.71. The maximum Gasteiger partial charge on any atom is 0.146 e. The molecular weight excluding hydrogens is 169 g/mol. The number of anilines is 1. The molecule has 2 nitrogen and oxygen atoms in total. The first-order chi connectivity index (χ1) is 6.31. The van der Waals surface area contributed by atoms with E-state index in [1.165, 1.54) is 6.07 Å². The first-order valence-electron chi connectivity index (χ1n) is 4.46. The zero-order valence-corrected chi connectivity index (χ0v) is 7.26. The van der Waals surface area contributed by atoms with Crippen molar-refractivity contribution in [1.29, 1.82) is 0 Å². The lowest BCUT2D eigenvalue weighted by Crippen LogP contribution is -2.29. The third-order valence-corrected chi connectivity index (χ3v) is 2.43. The van der Waals surface area contributed by atoms with Gasteiger partial charge in [0.15, 0.2) is 0 Å². The number of halogens is 1. The van der Waals surface area contributed by atoms with Crippen LogP contribution in [0.3, 0.4) is 0 Å². The molecule has 0 spiro atoms. The van der Waals surface area contributed by atoms with Crippen LogP contribution >= 0.6 is 0 Å². The van der Waals surface area contributed by atoms with Crippen molar-refractivity contribution in [2.75, 3.05) is 11.9 Å². The van der Waals surface area contributed by atoms with Gasteiger partial charge in [-0.05, 0) is 24.5 Å². The van der Waals surface area contributed by atoms with E-state index in [1.807, 2.05) is 6.07 Å². The van der Waals surface area contributed by atoms with E-state index in [1.54, 1.807) is 6.07 Å². The fourth-order valence-corrected chi connectivity index (χ4v) is 1.68. The van der Waals surface area contributed by atoms with Crippen LogP contribution in [0.1, 0.15) is 12.0 Å². The zero-order chi connectivity index (χ0) is 9.26. The molecule has 3 heteroatoms. The third-order valence-electron chi connectivity index (χ3n) is 2.43. The van der Waals surface area contributed by atoms with Crippen LogP contribution in [0.2, 0.25) is 0 Å². The molecular formula is C10H12FNO. The van der Waals surface area contributed by atoms with Crippen molar-refractivity contribution < 1.29 is 9.50 Å². The molecule has 1 aromatic carbocycles. The molecule has 2 rings (SSSR count). The second-order valence-electron chi connectivity index (χ2n) is 3.34. The molecule has 70 valence electrons. The molecule has 0 radical (unpaired) electrons. The van der Waals surface area contributed by atoms with Crippen molar-refractivity contribution in [3.8, 4) is 0 Å². The SMILES string of the molecule is OCC1CCc2cccc(F)c2N1. The molecule has 1 atom stereocenters. The Morgan fingerprint density at radius 2 is 2.38 bits per heavy atom.